The number of ketones is 1. The first-order valence-corrected chi connectivity index (χ1v) is 38.6. The summed E-state index contributed by atoms with van der Waals surface area (Å²) in [6.45, 7) is 32.4. The molecule has 0 aliphatic carbocycles. The number of Topliss-reactive ketones (excluding diaryl/α,β-unsaturated/α-hetero) is 1. The summed E-state index contributed by atoms with van der Waals surface area (Å²) in [6.07, 6.45) is 16.4. The van der Waals surface area contributed by atoms with Crippen molar-refractivity contribution in [3.05, 3.63) is 56.2 Å². The zero-order valence-corrected chi connectivity index (χ0v) is 48.2. The first kappa shape index (κ1) is 57.1. The molecule has 0 saturated heterocycles. The number of hydrogen-bond acceptors (Lipinski definition) is 8. The molecule has 1 aromatic heterocycles. The van der Waals surface area contributed by atoms with Crippen molar-refractivity contribution < 1.29 is 32.8 Å². The van der Waals surface area contributed by atoms with Gasteiger partial charge in [-0.2, -0.15) is 0 Å². The number of unbranched alkanes of at least 4 members (excludes halogenated alkanes) is 3. The second-order valence-corrected chi connectivity index (χ2v) is 44.6. The van der Waals surface area contributed by atoms with E-state index in [-0.39, 0.29) is 65.2 Å². The van der Waals surface area contributed by atoms with Gasteiger partial charge in [-0.25, -0.2) is 4.98 Å². The van der Waals surface area contributed by atoms with Crippen LogP contribution in [0.5, 0.6) is 0 Å². The molecule has 14 heteroatoms. The molecule has 356 valence electrons. The van der Waals surface area contributed by atoms with Crippen LogP contribution in [0.1, 0.15) is 137 Å². The van der Waals surface area contributed by atoms with Crippen LogP contribution in [0.4, 0.5) is 0 Å². The van der Waals surface area contributed by atoms with Crippen molar-refractivity contribution in [2.24, 2.45) is 11.8 Å². The summed E-state index contributed by atoms with van der Waals surface area (Å²) in [5.41, 5.74) is 0.298. The van der Waals surface area contributed by atoms with Gasteiger partial charge in [0.25, 0.3) is 5.91 Å². The van der Waals surface area contributed by atoms with Gasteiger partial charge in [-0.3, -0.25) is 9.59 Å². The van der Waals surface area contributed by atoms with E-state index < -0.39 is 58.9 Å². The number of halogens is 1. The van der Waals surface area contributed by atoms with Crippen molar-refractivity contribution in [3.8, 4) is 0 Å². The van der Waals surface area contributed by atoms with Crippen molar-refractivity contribution >= 4 is 79.6 Å². The average molecular weight is 1080 g/mol. The van der Waals surface area contributed by atoms with Crippen molar-refractivity contribution in [3.63, 3.8) is 0 Å². The molecule has 1 aliphatic heterocycles. The summed E-state index contributed by atoms with van der Waals surface area (Å²) in [7, 11) is -4.47. The van der Waals surface area contributed by atoms with Gasteiger partial charge in [0, 0.05) is 13.0 Å². The number of allylic oxidation sites excluding steroid dienone is 1. The molecule has 0 saturated carbocycles. The monoisotopic (exact) mass is 1080 g/mol. The van der Waals surface area contributed by atoms with Gasteiger partial charge >= 0.3 is 196 Å². The average Bonchev–Trinajstić information content (AvgIpc) is 3.85. The number of amides is 2. The van der Waals surface area contributed by atoms with Crippen LogP contribution in [0.3, 0.4) is 0 Å². The first-order valence-electron chi connectivity index (χ1n) is 23.7. The van der Waals surface area contributed by atoms with E-state index in [0.29, 0.717) is 18.3 Å². The van der Waals surface area contributed by atoms with E-state index in [4.69, 9.17) is 13.6 Å². The Morgan fingerprint density at radius 2 is 1.57 bits per heavy atom. The molecule has 3 atom stereocenters. The fourth-order valence-corrected chi connectivity index (χ4v) is 25.0. The third-order valence-corrected chi connectivity index (χ3v) is 33.1. The van der Waals surface area contributed by atoms with Gasteiger partial charge < -0.3 is 13.7 Å². The Morgan fingerprint density at radius 3 is 2.08 bits per heavy atom. The van der Waals surface area contributed by atoms with E-state index in [9.17, 15) is 19.2 Å². The number of carbonyl (C=O) groups is 4. The third-order valence-electron chi connectivity index (χ3n) is 12.4. The SMILES string of the molecule is CCC[CH2][Sn](/[CH]=C/CNC(=O)/C=C/[C@@H](C)[C@H](OC(=O)C1=CCCN1C(=O)c1nc(CC(=O)C[C@@H](/C=C(\C)Br)O[Si](C)(C)C(C)(C)C)oc1[Si](C)(C)C)C(C)C)([CH2]CCC)[CH2]CCC. The molecule has 2 amide bonds. The Balaban J connectivity index is 2.20. The summed E-state index contributed by atoms with van der Waals surface area (Å²) in [6, 6.07) is 0. The minimum atomic E-state index is -2.43. The standard InChI is InChI=1S/C37H57BrN3O7Si2.3C4H9.Sn/c1-14-19-39-30(43)18-17-25(4)33(24(2)3)47-35(45)29-16-15-20-41(29)34(44)32-36(49(9,10)11)46-31(40-32)23-27(42)22-28(21-26(5)38)48-50(12,13)37(6,7)8;3*1-3-4-2;/h1,14,16-18,21,24-25,28,33H,15,19-20,22-23H2,2-13H3,(H,39,43);3*1,3-4H2,2H3;/b14-1?,18-17+,26-21+;;;;/t25-,28-,33-;;;;/m1..../s1. The Bertz CT molecular complexity index is 1760. The number of carbonyl (C=O) groups excluding carboxylic acids is 4. The van der Waals surface area contributed by atoms with Crippen LogP contribution in [-0.4, -0.2) is 93.5 Å². The van der Waals surface area contributed by atoms with Gasteiger partial charge in [0.2, 0.25) is 5.89 Å². The van der Waals surface area contributed by atoms with Gasteiger partial charge in [-0.15, -0.1) is 0 Å². The predicted octanol–water partition coefficient (Wildman–Crippen LogP) is 12.0. The number of aromatic nitrogens is 1. The fraction of sp³-hybridized carbons (Fsp3) is 0.694. The molecule has 0 fully saturated rings. The van der Waals surface area contributed by atoms with Crippen LogP contribution in [0, 0.1) is 11.8 Å². The molecule has 2 rings (SSSR count). The maximum absolute atomic E-state index is 14.3. The topological polar surface area (TPSA) is 128 Å². The fourth-order valence-electron chi connectivity index (χ4n) is 7.72. The summed E-state index contributed by atoms with van der Waals surface area (Å²) in [5, 5.41) is 3.49. The second-order valence-electron chi connectivity index (χ2n) is 20.6. The van der Waals surface area contributed by atoms with E-state index in [2.05, 4.69) is 111 Å². The molecule has 2 heterocycles. The van der Waals surface area contributed by atoms with Crippen LogP contribution in [0.15, 0.2) is 49.1 Å². The Kier molecular flexibility index (Phi) is 23.8. The third kappa shape index (κ3) is 18.6. The quantitative estimate of drug-likeness (QED) is 0.0524. The van der Waals surface area contributed by atoms with Crippen molar-refractivity contribution in [1.29, 1.82) is 0 Å². The molecular formula is C49H84BrN3O7Si2Sn. The zero-order chi connectivity index (χ0) is 47.8. The summed E-state index contributed by atoms with van der Waals surface area (Å²) < 4.78 is 26.6. The maximum atomic E-state index is 14.3. The molecule has 0 unspecified atom stereocenters. The summed E-state index contributed by atoms with van der Waals surface area (Å²) >= 11 is 1.09. The molecule has 10 nitrogen and oxygen atoms in total. The number of ether oxygens (including phenoxy) is 1. The molecule has 1 aromatic rings. The number of nitrogens with zero attached hydrogens (tertiary/aromatic N) is 2. The van der Waals surface area contributed by atoms with Gasteiger partial charge in [-0.1, -0.05) is 62.4 Å². The molecule has 63 heavy (non-hydrogen) atoms. The van der Waals surface area contributed by atoms with Crippen molar-refractivity contribution in [1.82, 2.24) is 15.2 Å². The normalized spacial score (nSPS) is 15.9. The van der Waals surface area contributed by atoms with Crippen LogP contribution in [0.25, 0.3) is 0 Å². The molecule has 0 aromatic carbocycles. The Morgan fingerprint density at radius 1 is 0.984 bits per heavy atom. The van der Waals surface area contributed by atoms with E-state index in [1.165, 1.54) is 56.7 Å². The second kappa shape index (κ2) is 26.3. The molecular weight excluding hydrogens is 997 g/mol. The van der Waals surface area contributed by atoms with Gasteiger partial charge in [-0.05, 0) is 42.0 Å². The number of oxazole rings is 1. The molecule has 0 bridgehead atoms. The van der Waals surface area contributed by atoms with Gasteiger partial charge in [0.05, 0.1) is 12.5 Å². The van der Waals surface area contributed by atoms with Gasteiger partial charge in [0.1, 0.15) is 19.2 Å². The number of rotatable bonds is 27. The predicted molar refractivity (Wildman–Crippen MR) is 271 cm³/mol. The molecule has 0 spiro atoms. The zero-order valence-electron chi connectivity index (χ0n) is 41.8. The Labute approximate surface area is 396 Å². The molecule has 1 aliphatic rings. The molecule has 1 N–H and O–H groups in total. The van der Waals surface area contributed by atoms with E-state index in [0.717, 1.165) is 4.48 Å². The number of nitrogens with one attached hydrogen (secondary N) is 1. The first-order chi connectivity index (χ1) is 29.3. The summed E-state index contributed by atoms with van der Waals surface area (Å²) in [4.78, 5) is 60.8. The molecule has 0 radical (unpaired) electrons. The van der Waals surface area contributed by atoms with Crippen LogP contribution in [0.2, 0.25) is 51.1 Å². The van der Waals surface area contributed by atoms with Crippen LogP contribution >= 0.6 is 15.9 Å². The summed E-state index contributed by atoms with van der Waals surface area (Å²) in [5.74, 6) is -1.48. The van der Waals surface area contributed by atoms with Crippen molar-refractivity contribution in [2.75, 3.05) is 13.1 Å². The van der Waals surface area contributed by atoms with E-state index >= 15 is 0 Å². The Hall–Kier alpha value is -2.08. The van der Waals surface area contributed by atoms with Gasteiger partial charge in [0.15, 0.2) is 14.0 Å². The van der Waals surface area contributed by atoms with E-state index in [1.807, 2.05) is 33.8 Å². The number of hydrogen-bond donors (Lipinski definition) is 1. The van der Waals surface area contributed by atoms with Crippen molar-refractivity contribution in [2.45, 2.75) is 190 Å². The van der Waals surface area contributed by atoms with Crippen LogP contribution in [-0.2, 0) is 30.0 Å². The van der Waals surface area contributed by atoms with Crippen LogP contribution < -0.4 is 10.7 Å². The number of esters is 1. The van der Waals surface area contributed by atoms with E-state index in [1.54, 1.807) is 18.2 Å². The minimum absolute atomic E-state index is 0.0344.